The van der Waals surface area contributed by atoms with Crippen LogP contribution in [0.2, 0.25) is 0 Å². The zero-order chi connectivity index (χ0) is 14.9. The average molecular weight is 283 g/mol. The predicted molar refractivity (Wildman–Crippen MR) is 77.6 cm³/mol. The molecule has 0 unspecified atom stereocenters. The van der Waals surface area contributed by atoms with Crippen molar-refractivity contribution in [3.05, 3.63) is 36.3 Å². The maximum Gasteiger partial charge on any atom is 0.151 e. The fraction of sp³-hybridized carbons (Fsp3) is 0.267. The number of nitrogens with zero attached hydrogens (tertiary/aromatic N) is 3. The molecule has 1 fully saturated rings. The van der Waals surface area contributed by atoms with E-state index in [0.717, 1.165) is 19.0 Å². The first-order valence-electron chi connectivity index (χ1n) is 6.65. The highest BCUT2D eigenvalue weighted by atomic mass is 19.1. The van der Waals surface area contributed by atoms with Crippen molar-refractivity contribution in [1.82, 2.24) is 9.97 Å². The summed E-state index contributed by atoms with van der Waals surface area (Å²) in [5, 5.41) is 12.2. The average Bonchev–Trinajstić information content (AvgIpc) is 3.29. The third kappa shape index (κ3) is 2.77. The fourth-order valence-corrected chi connectivity index (χ4v) is 2.07. The van der Waals surface area contributed by atoms with Crippen molar-refractivity contribution >= 4 is 11.6 Å². The van der Waals surface area contributed by atoms with E-state index >= 15 is 0 Å². The molecule has 2 aromatic heterocycles. The van der Waals surface area contributed by atoms with Crippen LogP contribution in [-0.2, 0) is 0 Å². The number of halogens is 1. The van der Waals surface area contributed by atoms with Gasteiger partial charge < -0.3 is 11.1 Å². The van der Waals surface area contributed by atoms with Crippen molar-refractivity contribution in [3.8, 4) is 17.3 Å². The van der Waals surface area contributed by atoms with Gasteiger partial charge in [-0.2, -0.15) is 5.26 Å². The Bertz CT molecular complexity index is 718. The largest absolute Gasteiger partial charge is 0.384 e. The number of rotatable bonds is 4. The Kier molecular flexibility index (Phi) is 3.18. The molecule has 0 aliphatic heterocycles. The molecule has 6 heteroatoms. The summed E-state index contributed by atoms with van der Waals surface area (Å²) in [7, 11) is 0. The summed E-state index contributed by atoms with van der Waals surface area (Å²) in [6.45, 7) is 0.556. The topological polar surface area (TPSA) is 87.6 Å². The molecule has 21 heavy (non-hydrogen) atoms. The molecule has 2 aromatic rings. The molecule has 0 atom stereocenters. The van der Waals surface area contributed by atoms with Gasteiger partial charge in [0.2, 0.25) is 0 Å². The third-order valence-electron chi connectivity index (χ3n) is 3.60. The van der Waals surface area contributed by atoms with Crippen molar-refractivity contribution in [2.75, 3.05) is 17.6 Å². The van der Waals surface area contributed by atoms with Gasteiger partial charge in [0.15, 0.2) is 5.82 Å². The Labute approximate surface area is 121 Å². The lowest BCUT2D eigenvalue weighted by Crippen LogP contribution is -2.14. The molecule has 3 N–H and O–H groups in total. The molecular formula is C15H14FN5. The van der Waals surface area contributed by atoms with Crippen LogP contribution in [-0.4, -0.2) is 16.5 Å². The SMILES string of the molecule is N#CC1(CNc2cccc(-c3cc(N)ncc3F)n2)CC1. The van der Waals surface area contributed by atoms with Crippen LogP contribution in [0.4, 0.5) is 16.0 Å². The minimum Gasteiger partial charge on any atom is -0.384 e. The predicted octanol–water partition coefficient (Wildman–Crippen LogP) is 2.58. The molecule has 0 bridgehead atoms. The normalized spacial score (nSPS) is 15.2. The van der Waals surface area contributed by atoms with Crippen LogP contribution in [0, 0.1) is 22.6 Å². The van der Waals surface area contributed by atoms with E-state index in [1.165, 1.54) is 6.07 Å². The number of nitrogens with one attached hydrogen (secondary N) is 1. The molecule has 0 spiro atoms. The van der Waals surface area contributed by atoms with E-state index < -0.39 is 5.82 Å². The van der Waals surface area contributed by atoms with Crippen molar-refractivity contribution in [3.63, 3.8) is 0 Å². The van der Waals surface area contributed by atoms with Gasteiger partial charge in [-0.05, 0) is 31.0 Å². The lowest BCUT2D eigenvalue weighted by molar-refractivity contribution is 0.625. The van der Waals surface area contributed by atoms with Gasteiger partial charge in [0.25, 0.3) is 0 Å². The molecule has 0 amide bonds. The van der Waals surface area contributed by atoms with E-state index in [9.17, 15) is 4.39 Å². The van der Waals surface area contributed by atoms with Gasteiger partial charge in [-0.3, -0.25) is 0 Å². The number of hydrogen-bond donors (Lipinski definition) is 2. The lowest BCUT2D eigenvalue weighted by Gasteiger charge is -2.10. The summed E-state index contributed by atoms with van der Waals surface area (Å²) >= 11 is 0. The fourth-order valence-electron chi connectivity index (χ4n) is 2.07. The van der Waals surface area contributed by atoms with E-state index in [2.05, 4.69) is 21.4 Å². The molecule has 1 saturated carbocycles. The van der Waals surface area contributed by atoms with Gasteiger partial charge in [-0.1, -0.05) is 6.07 Å². The summed E-state index contributed by atoms with van der Waals surface area (Å²) in [4.78, 5) is 8.06. The summed E-state index contributed by atoms with van der Waals surface area (Å²) in [6, 6.07) is 9.05. The Morgan fingerprint density at radius 3 is 2.95 bits per heavy atom. The number of nitrogen functional groups attached to an aromatic ring is 1. The third-order valence-corrected chi connectivity index (χ3v) is 3.60. The van der Waals surface area contributed by atoms with E-state index in [-0.39, 0.29) is 11.2 Å². The zero-order valence-corrected chi connectivity index (χ0v) is 11.3. The number of nitrogens with two attached hydrogens (primary N) is 1. The lowest BCUT2D eigenvalue weighted by atomic mass is 10.1. The van der Waals surface area contributed by atoms with Gasteiger partial charge in [0.05, 0.1) is 23.4 Å². The highest BCUT2D eigenvalue weighted by Gasteiger charge is 2.42. The minimum atomic E-state index is -0.468. The number of aromatic nitrogens is 2. The molecular weight excluding hydrogens is 269 g/mol. The number of hydrogen-bond acceptors (Lipinski definition) is 5. The van der Waals surface area contributed by atoms with Crippen LogP contribution in [0.3, 0.4) is 0 Å². The van der Waals surface area contributed by atoms with Crippen LogP contribution in [0.25, 0.3) is 11.3 Å². The summed E-state index contributed by atoms with van der Waals surface area (Å²) in [5.41, 5.74) is 6.12. The first kappa shape index (κ1) is 13.3. The van der Waals surface area contributed by atoms with Gasteiger partial charge in [-0.15, -0.1) is 0 Å². The van der Waals surface area contributed by atoms with Crippen LogP contribution < -0.4 is 11.1 Å². The van der Waals surface area contributed by atoms with Crippen LogP contribution in [0.5, 0.6) is 0 Å². The second-order valence-electron chi connectivity index (χ2n) is 5.24. The van der Waals surface area contributed by atoms with Gasteiger partial charge >= 0.3 is 0 Å². The first-order chi connectivity index (χ1) is 10.1. The minimum absolute atomic E-state index is 0.243. The molecule has 106 valence electrons. The Hall–Kier alpha value is -2.68. The van der Waals surface area contributed by atoms with Crippen molar-refractivity contribution < 1.29 is 4.39 Å². The number of anilines is 2. The first-order valence-corrected chi connectivity index (χ1v) is 6.65. The smallest absolute Gasteiger partial charge is 0.151 e. The Morgan fingerprint density at radius 2 is 2.24 bits per heavy atom. The molecule has 2 heterocycles. The molecule has 3 rings (SSSR count). The van der Waals surface area contributed by atoms with Crippen molar-refractivity contribution in [2.45, 2.75) is 12.8 Å². The van der Waals surface area contributed by atoms with E-state index in [1.807, 2.05) is 0 Å². The summed E-state index contributed by atoms with van der Waals surface area (Å²) in [5.74, 6) is 0.390. The number of pyridine rings is 2. The quantitative estimate of drug-likeness (QED) is 0.900. The Morgan fingerprint density at radius 1 is 1.43 bits per heavy atom. The van der Waals surface area contributed by atoms with Crippen LogP contribution in [0.15, 0.2) is 30.5 Å². The van der Waals surface area contributed by atoms with Crippen molar-refractivity contribution in [1.29, 1.82) is 5.26 Å². The highest BCUT2D eigenvalue weighted by molar-refractivity contribution is 5.64. The molecule has 1 aliphatic rings. The van der Waals surface area contributed by atoms with Gasteiger partial charge in [0.1, 0.15) is 11.6 Å². The second kappa shape index (κ2) is 5.02. The van der Waals surface area contributed by atoms with E-state index in [0.29, 0.717) is 23.6 Å². The zero-order valence-electron chi connectivity index (χ0n) is 11.3. The standard InChI is InChI=1S/C15H14FN5/c16-11-7-19-13(18)6-10(11)12-2-1-3-14(21-12)20-9-15(8-17)4-5-15/h1-3,6-7H,4-5,9H2,(H2,18,19)(H,20,21). The highest BCUT2D eigenvalue weighted by Crippen LogP contribution is 2.44. The van der Waals surface area contributed by atoms with Crippen LogP contribution >= 0.6 is 0 Å². The van der Waals surface area contributed by atoms with Crippen LogP contribution in [0.1, 0.15) is 12.8 Å². The second-order valence-corrected chi connectivity index (χ2v) is 5.24. The monoisotopic (exact) mass is 283 g/mol. The molecule has 1 aliphatic carbocycles. The van der Waals surface area contributed by atoms with E-state index in [4.69, 9.17) is 11.0 Å². The van der Waals surface area contributed by atoms with E-state index in [1.54, 1.807) is 18.2 Å². The maximum absolute atomic E-state index is 13.8. The van der Waals surface area contributed by atoms with Gasteiger partial charge in [0, 0.05) is 12.1 Å². The maximum atomic E-state index is 13.8. The van der Waals surface area contributed by atoms with Gasteiger partial charge in [-0.25, -0.2) is 14.4 Å². The molecule has 0 saturated heterocycles. The Balaban J connectivity index is 1.83. The molecule has 0 radical (unpaired) electrons. The number of nitriles is 1. The summed E-state index contributed by atoms with van der Waals surface area (Å²) < 4.78 is 13.8. The molecule has 0 aromatic carbocycles. The molecule has 5 nitrogen and oxygen atoms in total. The summed E-state index contributed by atoms with van der Waals surface area (Å²) in [6.07, 6.45) is 2.90. The van der Waals surface area contributed by atoms with Crippen molar-refractivity contribution in [2.24, 2.45) is 5.41 Å².